The fourth-order valence-corrected chi connectivity index (χ4v) is 2.06. The van der Waals surface area contributed by atoms with Gasteiger partial charge in [-0.15, -0.1) is 23.4 Å². The fourth-order valence-electron chi connectivity index (χ4n) is 1.18. The van der Waals surface area contributed by atoms with Gasteiger partial charge in [0.1, 0.15) is 0 Å². The number of hydrogen-bond acceptors (Lipinski definition) is 3. The molecular weight excluding hydrogens is 242 g/mol. The summed E-state index contributed by atoms with van der Waals surface area (Å²) >= 11 is 7.37. The second-order valence-corrected chi connectivity index (χ2v) is 5.04. The summed E-state index contributed by atoms with van der Waals surface area (Å²) in [6.07, 6.45) is 0.697. The van der Waals surface area contributed by atoms with Crippen LogP contribution in [0.4, 0.5) is 5.69 Å². The van der Waals surface area contributed by atoms with Crippen molar-refractivity contribution in [1.82, 2.24) is 0 Å². The summed E-state index contributed by atoms with van der Waals surface area (Å²) in [7, 11) is 0. The number of rotatable bonds is 7. The van der Waals surface area contributed by atoms with Crippen molar-refractivity contribution >= 4 is 29.1 Å². The Morgan fingerprint density at radius 1 is 1.38 bits per heavy atom. The zero-order valence-electron chi connectivity index (χ0n) is 9.45. The van der Waals surface area contributed by atoms with Gasteiger partial charge in [-0.1, -0.05) is 6.92 Å². The van der Waals surface area contributed by atoms with Gasteiger partial charge in [-0.25, -0.2) is 0 Å². The maximum Gasteiger partial charge on any atom is 0.0847 e. The average Bonchev–Trinajstić information content (AvgIpc) is 2.34. The molecular formula is C12H18ClNOS. The summed E-state index contributed by atoms with van der Waals surface area (Å²) in [6.45, 7) is 2.67. The second kappa shape index (κ2) is 7.82. The monoisotopic (exact) mass is 259 g/mol. The van der Waals surface area contributed by atoms with Crippen molar-refractivity contribution in [2.24, 2.45) is 0 Å². The summed E-state index contributed by atoms with van der Waals surface area (Å²) in [5, 5.41) is 12.4. The highest BCUT2D eigenvalue weighted by Crippen LogP contribution is 2.20. The minimum absolute atomic E-state index is 0.261. The SMILES string of the molecule is CCCSc1ccc(NCC(O)CCl)cc1. The Morgan fingerprint density at radius 3 is 2.62 bits per heavy atom. The molecule has 0 saturated heterocycles. The van der Waals surface area contributed by atoms with E-state index in [9.17, 15) is 5.11 Å². The van der Waals surface area contributed by atoms with Gasteiger partial charge in [-0.05, 0) is 36.4 Å². The van der Waals surface area contributed by atoms with E-state index in [-0.39, 0.29) is 5.88 Å². The van der Waals surface area contributed by atoms with Crippen LogP contribution in [-0.4, -0.2) is 29.4 Å². The molecule has 0 amide bonds. The van der Waals surface area contributed by atoms with Gasteiger partial charge in [0.15, 0.2) is 0 Å². The molecule has 1 aromatic carbocycles. The molecule has 90 valence electrons. The molecule has 0 aliphatic heterocycles. The lowest BCUT2D eigenvalue weighted by Gasteiger charge is -2.10. The molecule has 0 aliphatic rings. The molecule has 1 aromatic rings. The van der Waals surface area contributed by atoms with Crippen LogP contribution in [0.25, 0.3) is 0 Å². The molecule has 1 unspecified atom stereocenters. The molecule has 0 spiro atoms. The summed E-state index contributed by atoms with van der Waals surface area (Å²) in [5.41, 5.74) is 1.02. The topological polar surface area (TPSA) is 32.3 Å². The number of anilines is 1. The predicted molar refractivity (Wildman–Crippen MR) is 72.7 cm³/mol. The molecule has 0 aromatic heterocycles. The van der Waals surface area contributed by atoms with Crippen LogP contribution in [0, 0.1) is 0 Å². The summed E-state index contributed by atoms with van der Waals surface area (Å²) in [6, 6.07) is 8.24. The van der Waals surface area contributed by atoms with Crippen molar-refractivity contribution in [3.63, 3.8) is 0 Å². The molecule has 16 heavy (non-hydrogen) atoms. The van der Waals surface area contributed by atoms with E-state index < -0.39 is 6.10 Å². The van der Waals surface area contributed by atoms with Gasteiger partial charge in [0.05, 0.1) is 12.0 Å². The van der Waals surface area contributed by atoms with Gasteiger partial charge >= 0.3 is 0 Å². The molecule has 0 radical (unpaired) electrons. The lowest BCUT2D eigenvalue weighted by Crippen LogP contribution is -2.20. The number of benzene rings is 1. The highest BCUT2D eigenvalue weighted by Gasteiger charge is 2.01. The van der Waals surface area contributed by atoms with Crippen molar-refractivity contribution < 1.29 is 5.11 Å². The first-order valence-corrected chi connectivity index (χ1v) is 6.99. The number of aliphatic hydroxyl groups is 1. The van der Waals surface area contributed by atoms with E-state index in [1.807, 2.05) is 23.9 Å². The fraction of sp³-hybridized carbons (Fsp3) is 0.500. The zero-order chi connectivity index (χ0) is 11.8. The number of halogens is 1. The van der Waals surface area contributed by atoms with E-state index in [1.165, 1.54) is 11.3 Å². The Morgan fingerprint density at radius 2 is 2.06 bits per heavy atom. The maximum absolute atomic E-state index is 9.29. The molecule has 1 rings (SSSR count). The predicted octanol–water partition coefficient (Wildman–Crippen LogP) is 3.20. The molecule has 0 saturated carbocycles. The van der Waals surface area contributed by atoms with Crippen molar-refractivity contribution in [1.29, 1.82) is 0 Å². The Labute approximate surface area is 106 Å². The minimum atomic E-state index is -0.490. The number of alkyl halides is 1. The van der Waals surface area contributed by atoms with Crippen molar-refractivity contribution in [2.45, 2.75) is 24.3 Å². The number of hydrogen-bond donors (Lipinski definition) is 2. The molecule has 0 bridgehead atoms. The highest BCUT2D eigenvalue weighted by atomic mass is 35.5. The molecule has 0 aliphatic carbocycles. The largest absolute Gasteiger partial charge is 0.390 e. The normalized spacial score (nSPS) is 12.4. The summed E-state index contributed by atoms with van der Waals surface area (Å²) in [4.78, 5) is 1.28. The van der Waals surface area contributed by atoms with Crippen LogP contribution >= 0.6 is 23.4 Å². The summed E-state index contributed by atoms with van der Waals surface area (Å²) in [5.74, 6) is 1.41. The van der Waals surface area contributed by atoms with E-state index >= 15 is 0 Å². The van der Waals surface area contributed by atoms with Crippen LogP contribution in [-0.2, 0) is 0 Å². The van der Waals surface area contributed by atoms with Crippen LogP contribution in [0.1, 0.15) is 13.3 Å². The van der Waals surface area contributed by atoms with Crippen molar-refractivity contribution in [2.75, 3.05) is 23.5 Å². The highest BCUT2D eigenvalue weighted by molar-refractivity contribution is 7.99. The van der Waals surface area contributed by atoms with Gasteiger partial charge in [0.2, 0.25) is 0 Å². The third-order valence-electron chi connectivity index (χ3n) is 2.05. The minimum Gasteiger partial charge on any atom is -0.390 e. The number of aliphatic hydroxyl groups excluding tert-OH is 1. The number of nitrogens with one attached hydrogen (secondary N) is 1. The zero-order valence-corrected chi connectivity index (χ0v) is 11.0. The lowest BCUT2D eigenvalue weighted by molar-refractivity contribution is 0.211. The molecule has 4 heteroatoms. The van der Waals surface area contributed by atoms with Crippen molar-refractivity contribution in [3.8, 4) is 0 Å². The first kappa shape index (κ1) is 13.7. The third kappa shape index (κ3) is 5.10. The van der Waals surface area contributed by atoms with E-state index in [2.05, 4.69) is 24.4 Å². The number of thioether (sulfide) groups is 1. The second-order valence-electron chi connectivity index (χ2n) is 3.56. The van der Waals surface area contributed by atoms with Gasteiger partial charge in [-0.3, -0.25) is 0 Å². The van der Waals surface area contributed by atoms with Crippen LogP contribution in [0.15, 0.2) is 29.2 Å². The van der Waals surface area contributed by atoms with Gasteiger partial charge in [0.25, 0.3) is 0 Å². The standard InChI is InChI=1S/C12H18ClNOS/c1-2-7-16-12-5-3-10(4-6-12)14-9-11(15)8-13/h3-6,11,14-15H,2,7-9H2,1H3. The smallest absolute Gasteiger partial charge is 0.0847 e. The van der Waals surface area contributed by atoms with Gasteiger partial charge in [-0.2, -0.15) is 0 Å². The third-order valence-corrected chi connectivity index (χ3v) is 3.62. The molecule has 2 N–H and O–H groups in total. The van der Waals surface area contributed by atoms with Crippen LogP contribution in [0.3, 0.4) is 0 Å². The van der Waals surface area contributed by atoms with Crippen LogP contribution < -0.4 is 5.32 Å². The Hall–Kier alpha value is -0.380. The van der Waals surface area contributed by atoms with E-state index in [1.54, 1.807) is 0 Å². The van der Waals surface area contributed by atoms with Gasteiger partial charge in [0, 0.05) is 17.1 Å². The van der Waals surface area contributed by atoms with E-state index in [4.69, 9.17) is 11.6 Å². The van der Waals surface area contributed by atoms with Crippen molar-refractivity contribution in [3.05, 3.63) is 24.3 Å². The Bertz CT molecular complexity index is 292. The molecule has 0 fully saturated rings. The van der Waals surface area contributed by atoms with Gasteiger partial charge < -0.3 is 10.4 Å². The molecule has 1 atom stereocenters. The lowest BCUT2D eigenvalue weighted by atomic mass is 10.3. The first-order valence-electron chi connectivity index (χ1n) is 5.47. The first-order chi connectivity index (χ1) is 7.76. The van der Waals surface area contributed by atoms with Crippen LogP contribution in [0.5, 0.6) is 0 Å². The van der Waals surface area contributed by atoms with E-state index in [0.717, 1.165) is 11.4 Å². The Kier molecular flexibility index (Phi) is 6.69. The Balaban J connectivity index is 2.38. The maximum atomic E-state index is 9.29. The molecule has 0 heterocycles. The average molecular weight is 260 g/mol. The van der Waals surface area contributed by atoms with E-state index in [0.29, 0.717) is 6.54 Å². The molecule has 2 nitrogen and oxygen atoms in total. The van der Waals surface area contributed by atoms with Crippen LogP contribution in [0.2, 0.25) is 0 Å². The summed E-state index contributed by atoms with van der Waals surface area (Å²) < 4.78 is 0. The quantitative estimate of drug-likeness (QED) is 0.583.